The summed E-state index contributed by atoms with van der Waals surface area (Å²) in [6.45, 7) is -0.325. The van der Waals surface area contributed by atoms with Crippen molar-refractivity contribution in [2.75, 3.05) is 11.9 Å². The highest BCUT2D eigenvalue weighted by Crippen LogP contribution is 2.17. The molecule has 0 radical (unpaired) electrons. The Labute approximate surface area is 150 Å². The number of H-pyrrole nitrogens is 1. The number of hydrogen-bond acceptors (Lipinski definition) is 4. The van der Waals surface area contributed by atoms with E-state index in [1.165, 1.54) is 0 Å². The summed E-state index contributed by atoms with van der Waals surface area (Å²) in [5, 5.41) is 3.79. The van der Waals surface area contributed by atoms with Crippen molar-refractivity contribution in [3.05, 3.63) is 66.4 Å². The quantitative estimate of drug-likeness (QED) is 0.505. The van der Waals surface area contributed by atoms with Crippen LogP contribution >= 0.6 is 0 Å². The molecule has 0 atom stereocenters. The van der Waals surface area contributed by atoms with E-state index in [1.807, 2.05) is 24.4 Å². The lowest BCUT2D eigenvalue weighted by Crippen LogP contribution is -2.17. The van der Waals surface area contributed by atoms with Crippen LogP contribution < -0.4 is 5.32 Å². The highest BCUT2D eigenvalue weighted by atomic mass is 16.5. The fraction of sp³-hybridized carbons (Fsp3) is 0.150. The van der Waals surface area contributed by atoms with E-state index in [1.54, 1.807) is 36.4 Å². The zero-order chi connectivity index (χ0) is 18.4. The summed E-state index contributed by atoms with van der Waals surface area (Å²) in [5.74, 6) is -1.14. The Morgan fingerprint density at radius 3 is 2.58 bits per heavy atom. The second-order valence-corrected chi connectivity index (χ2v) is 5.78. The first-order chi connectivity index (χ1) is 12.6. The monoisotopic (exact) mass is 350 g/mol. The van der Waals surface area contributed by atoms with Gasteiger partial charge in [-0.05, 0) is 23.6 Å². The van der Waals surface area contributed by atoms with Crippen LogP contribution in [0.15, 0.2) is 60.8 Å². The van der Waals surface area contributed by atoms with E-state index in [4.69, 9.17) is 4.74 Å². The van der Waals surface area contributed by atoms with E-state index < -0.39 is 5.97 Å². The molecule has 6 heteroatoms. The Morgan fingerprint density at radius 2 is 1.77 bits per heavy atom. The molecule has 0 aliphatic rings. The predicted octanol–water partition coefficient (Wildman–Crippen LogP) is 3.31. The third-order valence-electron chi connectivity index (χ3n) is 3.85. The van der Waals surface area contributed by atoms with Crippen LogP contribution in [0.3, 0.4) is 0 Å². The lowest BCUT2D eigenvalue weighted by molar-refractivity contribution is -0.143. The molecular formula is C20H18N2O4. The van der Waals surface area contributed by atoms with Crippen LogP contribution in [-0.2, 0) is 14.3 Å². The molecule has 0 spiro atoms. The number of amides is 1. The van der Waals surface area contributed by atoms with Crippen molar-refractivity contribution in [2.45, 2.75) is 12.8 Å². The number of hydrogen-bond donors (Lipinski definition) is 2. The van der Waals surface area contributed by atoms with Gasteiger partial charge in [0.25, 0.3) is 0 Å². The Bertz CT molecular complexity index is 931. The number of nitrogens with one attached hydrogen (secondary N) is 2. The van der Waals surface area contributed by atoms with Gasteiger partial charge in [-0.15, -0.1) is 0 Å². The van der Waals surface area contributed by atoms with Crippen molar-refractivity contribution in [1.29, 1.82) is 0 Å². The summed E-state index contributed by atoms with van der Waals surface area (Å²) in [6, 6.07) is 16.0. The van der Waals surface area contributed by atoms with Crippen LogP contribution in [0.2, 0.25) is 0 Å². The second-order valence-electron chi connectivity index (χ2n) is 5.78. The molecular weight excluding hydrogens is 332 g/mol. The smallest absolute Gasteiger partial charge is 0.306 e. The van der Waals surface area contributed by atoms with Crippen LogP contribution in [0.4, 0.5) is 5.69 Å². The average Bonchev–Trinajstić information content (AvgIpc) is 3.13. The minimum absolute atomic E-state index is 0.0128. The Kier molecular flexibility index (Phi) is 5.43. The summed E-state index contributed by atoms with van der Waals surface area (Å²) in [4.78, 5) is 38.6. The number of carbonyl (C=O) groups is 3. The fourth-order valence-electron chi connectivity index (χ4n) is 2.49. The van der Waals surface area contributed by atoms with Crippen LogP contribution in [0.5, 0.6) is 0 Å². The Morgan fingerprint density at radius 1 is 0.962 bits per heavy atom. The number of benzene rings is 2. The molecule has 0 saturated carbocycles. The number of Topliss-reactive ketones (excluding diaryl/α,β-unsaturated/α-hetero) is 1. The van der Waals surface area contributed by atoms with E-state index >= 15 is 0 Å². The summed E-state index contributed by atoms with van der Waals surface area (Å²) in [6.07, 6.45) is 1.72. The van der Waals surface area contributed by atoms with E-state index in [2.05, 4.69) is 10.3 Å². The molecule has 0 aliphatic heterocycles. The van der Waals surface area contributed by atoms with Gasteiger partial charge in [0.1, 0.15) is 0 Å². The van der Waals surface area contributed by atoms with E-state index in [9.17, 15) is 14.4 Å². The maximum atomic E-state index is 12.0. The molecule has 132 valence electrons. The first-order valence-corrected chi connectivity index (χ1v) is 8.23. The second kappa shape index (κ2) is 8.11. The predicted molar refractivity (Wildman–Crippen MR) is 97.9 cm³/mol. The fourth-order valence-corrected chi connectivity index (χ4v) is 2.49. The molecule has 1 amide bonds. The van der Waals surface area contributed by atoms with Crippen molar-refractivity contribution in [1.82, 2.24) is 4.98 Å². The standard InChI is InChI=1S/C20H18N2O4/c23-18(15-4-2-1-3-5-15)13-26-20(25)9-8-19(24)22-16-7-6-14-10-11-21-17(14)12-16/h1-7,10-12,21H,8-9,13H2,(H,22,24). The minimum atomic E-state index is -0.579. The topological polar surface area (TPSA) is 88.3 Å². The van der Waals surface area contributed by atoms with Gasteiger partial charge in [-0.25, -0.2) is 0 Å². The summed E-state index contributed by atoms with van der Waals surface area (Å²) in [5.41, 5.74) is 2.05. The lowest BCUT2D eigenvalue weighted by Gasteiger charge is -2.06. The highest BCUT2D eigenvalue weighted by molar-refractivity contribution is 5.98. The molecule has 0 fully saturated rings. The average molecular weight is 350 g/mol. The summed E-state index contributed by atoms with van der Waals surface area (Å²) < 4.78 is 4.93. The van der Waals surface area contributed by atoms with Crippen LogP contribution in [0.1, 0.15) is 23.2 Å². The minimum Gasteiger partial charge on any atom is -0.457 e. The molecule has 3 aromatic rings. The Hall–Kier alpha value is -3.41. The SMILES string of the molecule is O=C(CCC(=O)OCC(=O)c1ccccc1)Nc1ccc2cc[nH]c2c1. The van der Waals surface area contributed by atoms with Crippen molar-refractivity contribution in [3.63, 3.8) is 0 Å². The maximum Gasteiger partial charge on any atom is 0.306 e. The van der Waals surface area contributed by atoms with Gasteiger partial charge in [0.05, 0.1) is 6.42 Å². The van der Waals surface area contributed by atoms with Gasteiger partial charge in [0.15, 0.2) is 12.4 Å². The number of esters is 1. The maximum absolute atomic E-state index is 12.0. The van der Waals surface area contributed by atoms with Crippen LogP contribution in [-0.4, -0.2) is 29.3 Å². The largest absolute Gasteiger partial charge is 0.457 e. The highest BCUT2D eigenvalue weighted by Gasteiger charge is 2.12. The van der Waals surface area contributed by atoms with Gasteiger partial charge in [0.2, 0.25) is 5.91 Å². The number of ketones is 1. The third-order valence-corrected chi connectivity index (χ3v) is 3.85. The molecule has 26 heavy (non-hydrogen) atoms. The number of aromatic amines is 1. The van der Waals surface area contributed by atoms with E-state index in [0.29, 0.717) is 11.3 Å². The number of rotatable bonds is 7. The Balaban J connectivity index is 1.42. The normalized spacial score (nSPS) is 10.5. The zero-order valence-corrected chi connectivity index (χ0v) is 14.0. The van der Waals surface area contributed by atoms with Crippen LogP contribution in [0, 0.1) is 0 Å². The van der Waals surface area contributed by atoms with Crippen molar-refractivity contribution < 1.29 is 19.1 Å². The van der Waals surface area contributed by atoms with Crippen molar-refractivity contribution in [3.8, 4) is 0 Å². The molecule has 0 saturated heterocycles. The van der Waals surface area contributed by atoms with Gasteiger partial charge in [-0.2, -0.15) is 0 Å². The molecule has 3 rings (SSSR count). The first-order valence-electron chi connectivity index (χ1n) is 8.23. The lowest BCUT2D eigenvalue weighted by atomic mass is 10.1. The zero-order valence-electron chi connectivity index (χ0n) is 14.0. The molecule has 0 aliphatic carbocycles. The van der Waals surface area contributed by atoms with Gasteiger partial charge in [0, 0.05) is 29.4 Å². The molecule has 2 aromatic carbocycles. The molecule has 1 heterocycles. The van der Waals surface area contributed by atoms with Crippen LogP contribution in [0.25, 0.3) is 10.9 Å². The molecule has 2 N–H and O–H groups in total. The van der Waals surface area contributed by atoms with Gasteiger partial charge < -0.3 is 15.0 Å². The van der Waals surface area contributed by atoms with Crippen molar-refractivity contribution >= 4 is 34.3 Å². The number of aromatic nitrogens is 1. The van der Waals surface area contributed by atoms with Gasteiger partial charge >= 0.3 is 5.97 Å². The molecule has 6 nitrogen and oxygen atoms in total. The van der Waals surface area contributed by atoms with Gasteiger partial charge in [-0.3, -0.25) is 14.4 Å². The number of ether oxygens (including phenoxy) is 1. The number of anilines is 1. The third kappa shape index (κ3) is 4.57. The van der Waals surface area contributed by atoms with E-state index in [0.717, 1.165) is 10.9 Å². The molecule has 1 aromatic heterocycles. The molecule has 0 bridgehead atoms. The van der Waals surface area contributed by atoms with Gasteiger partial charge in [-0.1, -0.05) is 36.4 Å². The number of fused-ring (bicyclic) bond motifs is 1. The summed E-state index contributed by atoms with van der Waals surface area (Å²) >= 11 is 0. The number of carbonyl (C=O) groups excluding carboxylic acids is 3. The summed E-state index contributed by atoms with van der Waals surface area (Å²) in [7, 11) is 0. The van der Waals surface area contributed by atoms with E-state index in [-0.39, 0.29) is 31.1 Å². The molecule has 0 unspecified atom stereocenters. The first kappa shape index (κ1) is 17.4. The van der Waals surface area contributed by atoms with Crippen molar-refractivity contribution in [2.24, 2.45) is 0 Å².